The number of halogens is 3. The molecule has 8 nitrogen and oxygen atoms in total. The van der Waals surface area contributed by atoms with Crippen LogP contribution in [-0.4, -0.2) is 36.4 Å². The zero-order valence-corrected chi connectivity index (χ0v) is 21.7. The second kappa shape index (κ2) is 10.5. The highest BCUT2D eigenvalue weighted by Gasteiger charge is 2.42. The van der Waals surface area contributed by atoms with Crippen LogP contribution in [0, 0.1) is 5.41 Å². The molecule has 1 atom stereocenters. The second-order valence-corrected chi connectivity index (χ2v) is 11.6. The Kier molecular flexibility index (Phi) is 7.67. The van der Waals surface area contributed by atoms with Gasteiger partial charge in [0, 0.05) is 18.1 Å². The number of hydrogen-bond acceptors (Lipinski definition) is 7. The van der Waals surface area contributed by atoms with Gasteiger partial charge in [-0.3, -0.25) is 0 Å². The summed E-state index contributed by atoms with van der Waals surface area (Å²) < 4.78 is 39.2. The third-order valence-corrected chi connectivity index (χ3v) is 7.85. The van der Waals surface area contributed by atoms with Gasteiger partial charge in [-0.05, 0) is 85.3 Å². The molecule has 38 heavy (non-hydrogen) atoms. The van der Waals surface area contributed by atoms with Crippen molar-refractivity contribution in [1.29, 1.82) is 0 Å². The van der Waals surface area contributed by atoms with Crippen LogP contribution in [0.5, 0.6) is 0 Å². The number of hydrogen-bond donors (Lipinski definition) is 4. The van der Waals surface area contributed by atoms with Gasteiger partial charge in [0.05, 0.1) is 4.88 Å². The Bertz CT molecular complexity index is 1310. The Labute approximate surface area is 221 Å². The molecule has 12 heteroatoms. The van der Waals surface area contributed by atoms with E-state index in [1.165, 1.54) is 11.3 Å². The molecule has 2 aliphatic carbocycles. The van der Waals surface area contributed by atoms with Crippen LogP contribution in [0.3, 0.4) is 0 Å². The molecule has 2 aromatic heterocycles. The van der Waals surface area contributed by atoms with E-state index in [-0.39, 0.29) is 11.4 Å². The number of nitrogens with zero attached hydrogens (tertiary/aromatic N) is 3. The SMILES string of the molecule is CC1(C)CCC[C@](O)(c2ncc(-c3cc(Nc4nccc(C(F)(F)F)n4)cc(C4CC4)c3)s2)C1.O=C(O)O. The zero-order chi connectivity index (χ0) is 27.7. The number of thiazole rings is 1. The van der Waals surface area contributed by atoms with Crippen LogP contribution in [0.4, 0.5) is 29.6 Å². The maximum absolute atomic E-state index is 13.1. The Morgan fingerprint density at radius 2 is 1.84 bits per heavy atom. The molecular formula is C26H29F3N4O4S. The zero-order valence-electron chi connectivity index (χ0n) is 20.9. The molecule has 3 aromatic rings. The van der Waals surface area contributed by atoms with E-state index in [1.807, 2.05) is 12.1 Å². The molecule has 4 N–H and O–H groups in total. The molecule has 0 radical (unpaired) electrons. The van der Waals surface area contributed by atoms with Crippen molar-refractivity contribution in [2.75, 3.05) is 5.32 Å². The number of rotatable bonds is 5. The summed E-state index contributed by atoms with van der Waals surface area (Å²) in [4.78, 5) is 21.7. The van der Waals surface area contributed by atoms with Crippen LogP contribution in [0.1, 0.15) is 74.6 Å². The monoisotopic (exact) mass is 550 g/mol. The van der Waals surface area contributed by atoms with Crippen molar-refractivity contribution in [3.8, 4) is 10.4 Å². The van der Waals surface area contributed by atoms with Gasteiger partial charge >= 0.3 is 12.3 Å². The number of anilines is 2. The molecule has 0 bridgehead atoms. The Morgan fingerprint density at radius 3 is 2.47 bits per heavy atom. The first-order valence-electron chi connectivity index (χ1n) is 12.2. The van der Waals surface area contributed by atoms with Gasteiger partial charge in [-0.1, -0.05) is 13.8 Å². The molecular weight excluding hydrogens is 521 g/mol. The van der Waals surface area contributed by atoms with E-state index < -0.39 is 23.6 Å². The average Bonchev–Trinajstić information content (AvgIpc) is 3.53. The number of nitrogens with one attached hydrogen (secondary N) is 1. The van der Waals surface area contributed by atoms with Crippen molar-refractivity contribution in [2.45, 2.75) is 70.1 Å². The second-order valence-electron chi connectivity index (χ2n) is 10.5. The quantitative estimate of drug-likeness (QED) is 0.261. The van der Waals surface area contributed by atoms with Gasteiger partial charge in [-0.2, -0.15) is 13.2 Å². The molecule has 2 fully saturated rings. The third-order valence-electron chi connectivity index (χ3n) is 6.61. The van der Waals surface area contributed by atoms with E-state index in [9.17, 15) is 18.3 Å². The summed E-state index contributed by atoms with van der Waals surface area (Å²) in [6, 6.07) is 6.79. The van der Waals surface area contributed by atoms with Crippen LogP contribution in [0.25, 0.3) is 10.4 Å². The van der Waals surface area contributed by atoms with Gasteiger partial charge in [-0.15, -0.1) is 11.3 Å². The van der Waals surface area contributed by atoms with E-state index in [1.54, 1.807) is 6.20 Å². The van der Waals surface area contributed by atoms with Crippen LogP contribution >= 0.6 is 11.3 Å². The molecule has 2 saturated carbocycles. The smallest absolute Gasteiger partial charge is 0.450 e. The van der Waals surface area contributed by atoms with Crippen molar-refractivity contribution < 1.29 is 33.3 Å². The van der Waals surface area contributed by atoms with E-state index in [4.69, 9.17) is 15.0 Å². The molecule has 0 aliphatic heterocycles. The van der Waals surface area contributed by atoms with Crippen LogP contribution in [0.15, 0.2) is 36.7 Å². The minimum atomic E-state index is -4.53. The Balaban J connectivity index is 0.000000786. The van der Waals surface area contributed by atoms with Crippen molar-refractivity contribution in [2.24, 2.45) is 5.41 Å². The van der Waals surface area contributed by atoms with Crippen molar-refractivity contribution >= 4 is 29.1 Å². The van der Waals surface area contributed by atoms with Gasteiger partial charge in [0.1, 0.15) is 16.3 Å². The number of carbonyl (C=O) groups is 1. The Hall–Kier alpha value is -3.25. The normalized spacial score (nSPS) is 20.8. The first-order valence-corrected chi connectivity index (χ1v) is 13.0. The maximum atomic E-state index is 13.1. The summed E-state index contributed by atoms with van der Waals surface area (Å²) in [6.07, 6.45) is 2.12. The van der Waals surface area contributed by atoms with Crippen molar-refractivity contribution in [1.82, 2.24) is 15.0 Å². The summed E-state index contributed by atoms with van der Waals surface area (Å²) in [5.74, 6) is 0.344. The van der Waals surface area contributed by atoms with Gasteiger partial charge in [0.2, 0.25) is 5.95 Å². The van der Waals surface area contributed by atoms with Crippen LogP contribution < -0.4 is 5.32 Å². The summed E-state index contributed by atoms with van der Waals surface area (Å²) in [6.45, 7) is 4.36. The van der Waals surface area contributed by atoms with Crippen molar-refractivity contribution in [3.05, 3.63) is 52.9 Å². The van der Waals surface area contributed by atoms with E-state index in [0.717, 1.165) is 59.0 Å². The number of aliphatic hydroxyl groups is 1. The maximum Gasteiger partial charge on any atom is 0.503 e. The predicted molar refractivity (Wildman–Crippen MR) is 137 cm³/mol. The first kappa shape index (κ1) is 27.8. The first-order chi connectivity index (χ1) is 17.7. The molecule has 2 heterocycles. The van der Waals surface area contributed by atoms with Crippen LogP contribution in [-0.2, 0) is 11.8 Å². The van der Waals surface area contributed by atoms with Gasteiger partial charge < -0.3 is 20.6 Å². The van der Waals surface area contributed by atoms with Crippen LogP contribution in [0.2, 0.25) is 0 Å². The lowest BCUT2D eigenvalue weighted by atomic mass is 9.70. The van der Waals surface area contributed by atoms with Gasteiger partial charge in [0.15, 0.2) is 0 Å². The van der Waals surface area contributed by atoms with Crippen molar-refractivity contribution in [3.63, 3.8) is 0 Å². The molecule has 204 valence electrons. The molecule has 5 rings (SSSR count). The fraction of sp³-hybridized carbons (Fsp3) is 0.462. The number of aromatic nitrogens is 3. The average molecular weight is 551 g/mol. The topological polar surface area (TPSA) is 128 Å². The van der Waals surface area contributed by atoms with Gasteiger partial charge in [0.25, 0.3) is 0 Å². The van der Waals surface area contributed by atoms with E-state index in [2.05, 4.69) is 40.2 Å². The fourth-order valence-corrected chi connectivity index (χ4v) is 5.88. The summed E-state index contributed by atoms with van der Waals surface area (Å²) >= 11 is 1.48. The number of benzene rings is 1. The highest BCUT2D eigenvalue weighted by molar-refractivity contribution is 7.15. The Morgan fingerprint density at radius 1 is 1.13 bits per heavy atom. The molecule has 0 saturated heterocycles. The molecule has 0 unspecified atom stereocenters. The highest BCUT2D eigenvalue weighted by atomic mass is 32.1. The third kappa shape index (κ3) is 6.98. The summed E-state index contributed by atoms with van der Waals surface area (Å²) in [5, 5.41) is 29.0. The summed E-state index contributed by atoms with van der Waals surface area (Å²) in [7, 11) is 0. The summed E-state index contributed by atoms with van der Waals surface area (Å²) in [5.41, 5.74) is 0.824. The minimum Gasteiger partial charge on any atom is -0.450 e. The van der Waals surface area contributed by atoms with Gasteiger partial charge in [-0.25, -0.2) is 19.7 Å². The van der Waals surface area contributed by atoms with E-state index in [0.29, 0.717) is 24.4 Å². The highest BCUT2D eigenvalue weighted by Crippen LogP contribution is 2.48. The lowest BCUT2D eigenvalue weighted by Gasteiger charge is -2.40. The predicted octanol–water partition coefficient (Wildman–Crippen LogP) is 7.25. The van der Waals surface area contributed by atoms with E-state index >= 15 is 0 Å². The molecule has 0 amide bonds. The molecule has 0 spiro atoms. The standard InChI is InChI=1S/C25H27F3N4OS.CH2O3/c1-23(2)7-3-8-24(33,14-23)21-30-13-19(34-21)17-10-16(15-4-5-15)11-18(12-17)31-22-29-9-6-20(32-22)25(26,27)28;2-1(3)4/h6,9-13,15,33H,3-5,7-8,14H2,1-2H3,(H,29,31,32);(H2,2,3,4)/t24-;/m1./s1. The fourth-order valence-electron chi connectivity index (χ4n) is 4.86. The largest absolute Gasteiger partial charge is 0.503 e. The lowest BCUT2D eigenvalue weighted by molar-refractivity contribution is -0.141. The molecule has 1 aromatic carbocycles. The number of carboxylic acid groups (broad SMARTS) is 2. The number of alkyl halides is 3. The molecule has 2 aliphatic rings. The minimum absolute atomic E-state index is 0.0623. The lowest BCUT2D eigenvalue weighted by Crippen LogP contribution is -2.36.